The predicted molar refractivity (Wildman–Crippen MR) is 55.8 cm³/mol. The summed E-state index contributed by atoms with van der Waals surface area (Å²) in [6, 6.07) is -0.0605. The van der Waals surface area contributed by atoms with Crippen LogP contribution in [0.15, 0.2) is 11.5 Å². The zero-order chi connectivity index (χ0) is 10.7. The van der Waals surface area contributed by atoms with Gasteiger partial charge in [-0.05, 0) is 19.3 Å². The average molecular weight is 205 g/mol. The Balaban J connectivity index is 4.44. The molecule has 4 heteroatoms. The van der Waals surface area contributed by atoms with Gasteiger partial charge in [-0.2, -0.15) is 0 Å². The van der Waals surface area contributed by atoms with E-state index in [-0.39, 0.29) is 11.5 Å². The zero-order valence-electron chi connectivity index (χ0n) is 8.96. The minimum absolute atomic E-state index is 0.0605. The molecule has 0 unspecified atom stereocenters. The van der Waals surface area contributed by atoms with E-state index in [2.05, 4.69) is 4.72 Å². The first-order valence-corrected chi connectivity index (χ1v) is 5.88. The first-order valence-electron chi connectivity index (χ1n) is 4.34. The predicted octanol–water partition coefficient (Wildman–Crippen LogP) is 1.87. The zero-order valence-corrected chi connectivity index (χ0v) is 9.77. The molecule has 0 amide bonds. The molecule has 0 rings (SSSR count). The van der Waals surface area contributed by atoms with Crippen molar-refractivity contribution in [3.63, 3.8) is 0 Å². The molecule has 0 radical (unpaired) electrons. The summed E-state index contributed by atoms with van der Waals surface area (Å²) in [5, 5.41) is 1.23. The maximum atomic E-state index is 11.3. The number of nitrogens with one attached hydrogen (secondary N) is 1. The highest BCUT2D eigenvalue weighted by molar-refractivity contribution is 7.92. The molecule has 0 aromatic rings. The van der Waals surface area contributed by atoms with Gasteiger partial charge in [0.15, 0.2) is 0 Å². The number of hydrogen-bond donors (Lipinski definition) is 1. The van der Waals surface area contributed by atoms with Gasteiger partial charge in [0.25, 0.3) is 0 Å². The van der Waals surface area contributed by atoms with Crippen LogP contribution in [0.3, 0.4) is 0 Å². The van der Waals surface area contributed by atoms with Crippen molar-refractivity contribution in [1.82, 2.24) is 4.72 Å². The Bertz CT molecular complexity index is 270. The van der Waals surface area contributed by atoms with Gasteiger partial charge in [-0.25, -0.2) is 13.1 Å². The average Bonchev–Trinajstić information content (AvgIpc) is 1.79. The number of hydrogen-bond acceptors (Lipinski definition) is 2. The van der Waals surface area contributed by atoms with Gasteiger partial charge in [0.2, 0.25) is 10.0 Å². The largest absolute Gasteiger partial charge is 0.233 e. The standard InChI is InChI=1S/C9H19NO2S/c1-8(2)10-13(11,12)7-6-9(3,4)5/h6-8,10H,1-5H3/b7-6+. The monoisotopic (exact) mass is 205 g/mol. The van der Waals surface area contributed by atoms with Gasteiger partial charge in [-0.3, -0.25) is 0 Å². The summed E-state index contributed by atoms with van der Waals surface area (Å²) in [4.78, 5) is 0. The Labute approximate surface area is 81.3 Å². The lowest BCUT2D eigenvalue weighted by Crippen LogP contribution is -2.28. The highest BCUT2D eigenvalue weighted by Crippen LogP contribution is 2.15. The van der Waals surface area contributed by atoms with Crippen LogP contribution < -0.4 is 4.72 Å². The molecular weight excluding hydrogens is 186 g/mol. The van der Waals surface area contributed by atoms with Crippen LogP contribution in [0.4, 0.5) is 0 Å². The van der Waals surface area contributed by atoms with Gasteiger partial charge >= 0.3 is 0 Å². The van der Waals surface area contributed by atoms with Crippen molar-refractivity contribution in [2.24, 2.45) is 5.41 Å². The topological polar surface area (TPSA) is 46.2 Å². The molecule has 0 fully saturated rings. The minimum atomic E-state index is -3.24. The smallest absolute Gasteiger partial charge is 0.209 e. The van der Waals surface area contributed by atoms with Crippen LogP contribution in [-0.2, 0) is 10.0 Å². The fourth-order valence-electron chi connectivity index (χ4n) is 0.662. The second kappa shape index (κ2) is 4.24. The van der Waals surface area contributed by atoms with E-state index in [1.165, 1.54) is 5.41 Å². The lowest BCUT2D eigenvalue weighted by atomic mass is 9.98. The van der Waals surface area contributed by atoms with Crippen molar-refractivity contribution in [3.05, 3.63) is 11.5 Å². The molecule has 0 saturated carbocycles. The maximum Gasteiger partial charge on any atom is 0.233 e. The second-order valence-electron chi connectivity index (χ2n) is 4.49. The fraction of sp³-hybridized carbons (Fsp3) is 0.778. The van der Waals surface area contributed by atoms with E-state index in [1.807, 2.05) is 20.8 Å². The lowest BCUT2D eigenvalue weighted by molar-refractivity contribution is 0.541. The molecule has 3 nitrogen and oxygen atoms in total. The number of rotatable bonds is 3. The van der Waals surface area contributed by atoms with E-state index in [0.29, 0.717) is 0 Å². The molecular formula is C9H19NO2S. The third kappa shape index (κ3) is 7.99. The molecule has 0 aliphatic heterocycles. The van der Waals surface area contributed by atoms with Gasteiger partial charge < -0.3 is 0 Å². The second-order valence-corrected chi connectivity index (χ2v) is 6.08. The molecule has 0 bridgehead atoms. The van der Waals surface area contributed by atoms with E-state index in [1.54, 1.807) is 19.9 Å². The van der Waals surface area contributed by atoms with Crippen molar-refractivity contribution < 1.29 is 8.42 Å². The van der Waals surface area contributed by atoms with E-state index < -0.39 is 10.0 Å². The lowest BCUT2D eigenvalue weighted by Gasteiger charge is -2.12. The fourth-order valence-corrected chi connectivity index (χ4v) is 1.98. The van der Waals surface area contributed by atoms with Crippen LogP contribution in [0.2, 0.25) is 0 Å². The normalized spacial score (nSPS) is 14.3. The van der Waals surface area contributed by atoms with Gasteiger partial charge in [0.05, 0.1) is 0 Å². The highest BCUT2D eigenvalue weighted by atomic mass is 32.2. The summed E-state index contributed by atoms with van der Waals surface area (Å²) in [6.07, 6.45) is 1.68. The van der Waals surface area contributed by atoms with Crippen molar-refractivity contribution in [2.75, 3.05) is 0 Å². The molecule has 78 valence electrons. The van der Waals surface area contributed by atoms with Crippen LogP contribution in [0, 0.1) is 5.41 Å². The Morgan fingerprint density at radius 3 is 2.00 bits per heavy atom. The van der Waals surface area contributed by atoms with Gasteiger partial charge in [-0.15, -0.1) is 0 Å². The molecule has 0 aromatic carbocycles. The van der Waals surface area contributed by atoms with Crippen molar-refractivity contribution in [1.29, 1.82) is 0 Å². The van der Waals surface area contributed by atoms with E-state index >= 15 is 0 Å². The summed E-state index contributed by atoms with van der Waals surface area (Å²) in [7, 11) is -3.24. The maximum absolute atomic E-state index is 11.3. The Morgan fingerprint density at radius 2 is 1.69 bits per heavy atom. The van der Waals surface area contributed by atoms with Crippen LogP contribution in [0.25, 0.3) is 0 Å². The van der Waals surface area contributed by atoms with Gasteiger partial charge in [0, 0.05) is 11.4 Å². The molecule has 0 spiro atoms. The first-order chi connectivity index (χ1) is 5.62. The van der Waals surface area contributed by atoms with Gasteiger partial charge in [0.1, 0.15) is 0 Å². The molecule has 13 heavy (non-hydrogen) atoms. The number of sulfonamides is 1. The highest BCUT2D eigenvalue weighted by Gasteiger charge is 2.10. The number of allylic oxidation sites excluding steroid dienone is 1. The Kier molecular flexibility index (Phi) is 4.13. The van der Waals surface area contributed by atoms with Crippen molar-refractivity contribution in [3.8, 4) is 0 Å². The SMILES string of the molecule is CC(C)NS(=O)(=O)/C=C/C(C)(C)C. The van der Waals surface area contributed by atoms with Crippen molar-refractivity contribution >= 4 is 10.0 Å². The molecule has 0 aliphatic carbocycles. The van der Waals surface area contributed by atoms with E-state index in [0.717, 1.165) is 0 Å². The Hall–Kier alpha value is -0.350. The van der Waals surface area contributed by atoms with E-state index in [4.69, 9.17) is 0 Å². The van der Waals surface area contributed by atoms with E-state index in [9.17, 15) is 8.42 Å². The van der Waals surface area contributed by atoms with Gasteiger partial charge in [-0.1, -0.05) is 26.8 Å². The van der Waals surface area contributed by atoms with Crippen LogP contribution >= 0.6 is 0 Å². The third-order valence-electron chi connectivity index (χ3n) is 1.15. The molecule has 0 heterocycles. The minimum Gasteiger partial charge on any atom is -0.209 e. The summed E-state index contributed by atoms with van der Waals surface area (Å²) >= 11 is 0. The quantitative estimate of drug-likeness (QED) is 0.764. The van der Waals surface area contributed by atoms with Crippen molar-refractivity contribution in [2.45, 2.75) is 40.7 Å². The third-order valence-corrected chi connectivity index (χ3v) is 2.44. The Morgan fingerprint density at radius 1 is 1.23 bits per heavy atom. The molecule has 0 aromatic heterocycles. The summed E-state index contributed by atoms with van der Waals surface area (Å²) in [5.74, 6) is 0. The summed E-state index contributed by atoms with van der Waals surface area (Å²) in [6.45, 7) is 9.45. The van der Waals surface area contributed by atoms with Crippen LogP contribution in [0.5, 0.6) is 0 Å². The molecule has 0 aliphatic rings. The molecule has 0 saturated heterocycles. The first kappa shape index (κ1) is 12.7. The summed E-state index contributed by atoms with van der Waals surface area (Å²) < 4.78 is 25.1. The van der Waals surface area contributed by atoms with Crippen LogP contribution in [-0.4, -0.2) is 14.5 Å². The summed E-state index contributed by atoms with van der Waals surface area (Å²) in [5.41, 5.74) is -0.105. The van der Waals surface area contributed by atoms with Crippen LogP contribution in [0.1, 0.15) is 34.6 Å². The molecule has 1 N–H and O–H groups in total. The molecule has 0 atom stereocenters.